The molecule has 15 heavy (non-hydrogen) atoms. The second-order valence-electron chi connectivity index (χ2n) is 4.00. The van der Waals surface area contributed by atoms with Gasteiger partial charge in [0.15, 0.2) is 5.78 Å². The molecule has 0 N–H and O–H groups in total. The molecule has 1 aromatic carbocycles. The Labute approximate surface area is 98.4 Å². The molecule has 1 aliphatic rings. The lowest BCUT2D eigenvalue weighted by atomic mass is 10.1. The molecule has 80 valence electrons. The fourth-order valence-electron chi connectivity index (χ4n) is 1.88. The van der Waals surface area contributed by atoms with E-state index in [0.717, 1.165) is 29.5 Å². The van der Waals surface area contributed by atoms with Gasteiger partial charge in [0.25, 0.3) is 0 Å². The molecule has 1 heterocycles. The van der Waals surface area contributed by atoms with Crippen molar-refractivity contribution in [2.45, 2.75) is 19.8 Å². The van der Waals surface area contributed by atoms with Crippen molar-refractivity contribution in [2.24, 2.45) is 0 Å². The van der Waals surface area contributed by atoms with E-state index in [0.29, 0.717) is 12.3 Å². The Morgan fingerprint density at radius 1 is 1.40 bits per heavy atom. The fourth-order valence-corrected chi connectivity index (χ4v) is 2.13. The van der Waals surface area contributed by atoms with Gasteiger partial charge in [-0.1, -0.05) is 15.9 Å². The minimum atomic E-state index is 0.349. The monoisotopic (exact) mass is 267 g/mol. The van der Waals surface area contributed by atoms with E-state index < -0.39 is 0 Å². The number of carbonyl (C=O) groups is 1. The molecule has 0 bridgehead atoms. The molecular weight excluding hydrogens is 254 g/mol. The summed E-state index contributed by atoms with van der Waals surface area (Å²) < 4.78 is 1.12. The predicted octanol–water partition coefficient (Wildman–Crippen LogP) is 2.93. The van der Waals surface area contributed by atoms with Gasteiger partial charge in [-0.3, -0.25) is 4.79 Å². The number of piperidine rings is 1. The molecule has 2 rings (SSSR count). The summed E-state index contributed by atoms with van der Waals surface area (Å²) in [4.78, 5) is 13.5. The molecule has 0 saturated carbocycles. The van der Waals surface area contributed by atoms with Crippen LogP contribution in [-0.2, 0) is 4.79 Å². The molecular formula is C12H14BrNO. The Bertz CT molecular complexity index is 389. The highest BCUT2D eigenvalue weighted by atomic mass is 79.9. The van der Waals surface area contributed by atoms with E-state index in [4.69, 9.17) is 0 Å². The van der Waals surface area contributed by atoms with E-state index in [9.17, 15) is 4.79 Å². The van der Waals surface area contributed by atoms with Gasteiger partial charge in [-0.15, -0.1) is 0 Å². The Morgan fingerprint density at radius 3 is 2.87 bits per heavy atom. The van der Waals surface area contributed by atoms with Crippen molar-refractivity contribution in [1.82, 2.24) is 0 Å². The molecule has 1 aromatic rings. The fraction of sp³-hybridized carbons (Fsp3) is 0.417. The van der Waals surface area contributed by atoms with Gasteiger partial charge in [0.2, 0.25) is 0 Å². The van der Waals surface area contributed by atoms with Crippen molar-refractivity contribution in [1.29, 1.82) is 0 Å². The number of Topliss-reactive ketones (excluding diaryl/α,β-unsaturated/α-hetero) is 1. The van der Waals surface area contributed by atoms with Gasteiger partial charge >= 0.3 is 0 Å². The Kier molecular flexibility index (Phi) is 3.10. The molecule has 0 amide bonds. The van der Waals surface area contributed by atoms with Crippen LogP contribution in [0.15, 0.2) is 22.7 Å². The van der Waals surface area contributed by atoms with Crippen molar-refractivity contribution in [2.75, 3.05) is 18.0 Å². The van der Waals surface area contributed by atoms with E-state index in [1.165, 1.54) is 5.56 Å². The van der Waals surface area contributed by atoms with Gasteiger partial charge in [-0.25, -0.2) is 0 Å². The number of anilines is 1. The molecule has 0 radical (unpaired) electrons. The zero-order chi connectivity index (χ0) is 10.8. The minimum absolute atomic E-state index is 0.349. The van der Waals surface area contributed by atoms with Crippen LogP contribution in [0, 0.1) is 6.92 Å². The van der Waals surface area contributed by atoms with E-state index >= 15 is 0 Å². The van der Waals surface area contributed by atoms with Gasteiger partial charge in [-0.2, -0.15) is 0 Å². The predicted molar refractivity (Wildman–Crippen MR) is 65.3 cm³/mol. The molecule has 0 atom stereocenters. The lowest BCUT2D eigenvalue weighted by Gasteiger charge is -2.28. The normalized spacial score (nSPS) is 16.9. The number of ketones is 1. The van der Waals surface area contributed by atoms with Gasteiger partial charge < -0.3 is 4.90 Å². The maximum atomic E-state index is 11.3. The number of carbonyl (C=O) groups excluding carboxylic acids is 1. The highest BCUT2D eigenvalue weighted by molar-refractivity contribution is 9.10. The van der Waals surface area contributed by atoms with Gasteiger partial charge in [-0.05, 0) is 37.1 Å². The van der Waals surface area contributed by atoms with Crippen molar-refractivity contribution < 1.29 is 4.79 Å². The first kappa shape index (κ1) is 10.7. The zero-order valence-electron chi connectivity index (χ0n) is 8.79. The Balaban J connectivity index is 2.21. The van der Waals surface area contributed by atoms with Crippen LogP contribution in [0.3, 0.4) is 0 Å². The highest BCUT2D eigenvalue weighted by Gasteiger charge is 2.17. The molecule has 0 aromatic heterocycles. The van der Waals surface area contributed by atoms with Crippen LogP contribution in [0.4, 0.5) is 5.69 Å². The summed E-state index contributed by atoms with van der Waals surface area (Å²) in [5, 5.41) is 0. The van der Waals surface area contributed by atoms with Gasteiger partial charge in [0, 0.05) is 23.1 Å². The maximum Gasteiger partial charge on any atom is 0.152 e. The standard InChI is InChI=1S/C12H14BrNO/c1-9-7-10(4-5-12(9)13)14-6-2-3-11(15)8-14/h4-5,7H,2-3,6,8H2,1H3. The first-order valence-electron chi connectivity index (χ1n) is 5.19. The van der Waals surface area contributed by atoms with Crippen LogP contribution in [0.25, 0.3) is 0 Å². The third kappa shape index (κ3) is 2.40. The molecule has 0 spiro atoms. The Morgan fingerprint density at radius 2 is 2.20 bits per heavy atom. The molecule has 1 saturated heterocycles. The third-order valence-corrected chi connectivity index (χ3v) is 3.65. The third-order valence-electron chi connectivity index (χ3n) is 2.76. The van der Waals surface area contributed by atoms with E-state index in [1.807, 2.05) is 6.07 Å². The summed E-state index contributed by atoms with van der Waals surface area (Å²) in [6.45, 7) is 3.63. The summed E-state index contributed by atoms with van der Waals surface area (Å²) in [6.07, 6.45) is 1.72. The summed E-state index contributed by atoms with van der Waals surface area (Å²) in [7, 11) is 0. The van der Waals surface area contributed by atoms with Crippen molar-refractivity contribution in [3.63, 3.8) is 0 Å². The molecule has 0 aliphatic carbocycles. The highest BCUT2D eigenvalue weighted by Crippen LogP contribution is 2.24. The quantitative estimate of drug-likeness (QED) is 0.780. The van der Waals surface area contributed by atoms with Crippen LogP contribution in [0.2, 0.25) is 0 Å². The first-order chi connectivity index (χ1) is 7.16. The lowest BCUT2D eigenvalue weighted by Crippen LogP contribution is -2.35. The maximum absolute atomic E-state index is 11.3. The average Bonchev–Trinajstić information content (AvgIpc) is 2.22. The van der Waals surface area contributed by atoms with Crippen molar-refractivity contribution >= 4 is 27.4 Å². The minimum Gasteiger partial charge on any atom is -0.364 e. The second-order valence-corrected chi connectivity index (χ2v) is 4.85. The van der Waals surface area contributed by atoms with Crippen LogP contribution >= 0.6 is 15.9 Å². The lowest BCUT2D eigenvalue weighted by molar-refractivity contribution is -0.118. The van der Waals surface area contributed by atoms with Crippen LogP contribution in [-0.4, -0.2) is 18.9 Å². The number of nitrogens with zero attached hydrogens (tertiary/aromatic N) is 1. The second kappa shape index (κ2) is 4.35. The number of benzene rings is 1. The summed E-state index contributed by atoms with van der Waals surface area (Å²) in [5.41, 5.74) is 2.37. The molecule has 2 nitrogen and oxygen atoms in total. The number of hydrogen-bond donors (Lipinski definition) is 0. The molecule has 0 unspecified atom stereocenters. The molecule has 1 fully saturated rings. The Hall–Kier alpha value is -0.830. The summed E-state index contributed by atoms with van der Waals surface area (Å²) in [6, 6.07) is 6.24. The topological polar surface area (TPSA) is 20.3 Å². The smallest absolute Gasteiger partial charge is 0.152 e. The van der Waals surface area contributed by atoms with Crippen molar-refractivity contribution in [3.8, 4) is 0 Å². The van der Waals surface area contributed by atoms with Gasteiger partial charge in [0.1, 0.15) is 0 Å². The zero-order valence-corrected chi connectivity index (χ0v) is 10.4. The van der Waals surface area contributed by atoms with Crippen LogP contribution < -0.4 is 4.90 Å². The molecule has 3 heteroatoms. The average molecular weight is 268 g/mol. The SMILES string of the molecule is Cc1cc(N2CCCC(=O)C2)ccc1Br. The van der Waals surface area contributed by atoms with Crippen molar-refractivity contribution in [3.05, 3.63) is 28.2 Å². The number of aryl methyl sites for hydroxylation is 1. The largest absolute Gasteiger partial charge is 0.364 e. The molecule has 1 aliphatic heterocycles. The van der Waals surface area contributed by atoms with E-state index in [-0.39, 0.29) is 0 Å². The van der Waals surface area contributed by atoms with E-state index in [2.05, 4.69) is 39.9 Å². The number of hydrogen-bond acceptors (Lipinski definition) is 2. The first-order valence-corrected chi connectivity index (χ1v) is 5.99. The number of halogens is 1. The van der Waals surface area contributed by atoms with Gasteiger partial charge in [0.05, 0.1) is 6.54 Å². The van der Waals surface area contributed by atoms with E-state index in [1.54, 1.807) is 0 Å². The summed E-state index contributed by atoms with van der Waals surface area (Å²) in [5.74, 6) is 0.349. The number of rotatable bonds is 1. The summed E-state index contributed by atoms with van der Waals surface area (Å²) >= 11 is 3.48. The van der Waals surface area contributed by atoms with Crippen LogP contribution in [0.1, 0.15) is 18.4 Å². The van der Waals surface area contributed by atoms with Crippen LogP contribution in [0.5, 0.6) is 0 Å².